The third kappa shape index (κ3) is 4.37. The van der Waals surface area contributed by atoms with E-state index in [4.69, 9.17) is 0 Å². The van der Waals surface area contributed by atoms with E-state index in [1.807, 2.05) is 6.92 Å². The third-order valence-corrected chi connectivity index (χ3v) is 4.91. The summed E-state index contributed by atoms with van der Waals surface area (Å²) in [6, 6.07) is 0.161. The summed E-state index contributed by atoms with van der Waals surface area (Å²) in [7, 11) is -0.0693. The smallest absolute Gasteiger partial charge is 0.281 e. The van der Waals surface area contributed by atoms with Crippen LogP contribution in [0, 0.1) is 0 Å². The number of hydrogen-bond acceptors (Lipinski definition) is 3. The highest BCUT2D eigenvalue weighted by Crippen LogP contribution is 2.17. The summed E-state index contributed by atoms with van der Waals surface area (Å²) in [4.78, 5) is 0. The zero-order valence-electron chi connectivity index (χ0n) is 10.8. The topological polar surface area (TPSA) is 52.7 Å². The molecule has 104 valence electrons. The molecule has 0 aromatic heterocycles. The Balaban J connectivity index is 0.00000256. The Morgan fingerprint density at radius 1 is 1.24 bits per heavy atom. The number of nitrogens with one attached hydrogen (secondary N) is 1. The number of hydrogen-bond donors (Lipinski definition) is 1. The second-order valence-electron chi connectivity index (χ2n) is 4.38. The van der Waals surface area contributed by atoms with Crippen LogP contribution in [0.4, 0.5) is 0 Å². The van der Waals surface area contributed by atoms with E-state index in [1.165, 1.54) is 4.31 Å². The lowest BCUT2D eigenvalue weighted by Gasteiger charge is -2.35. The van der Waals surface area contributed by atoms with Gasteiger partial charge < -0.3 is 5.32 Å². The largest absolute Gasteiger partial charge is 0.317 e. The average Bonchev–Trinajstić information content (AvgIpc) is 2.26. The van der Waals surface area contributed by atoms with Crippen LogP contribution in [-0.2, 0) is 10.2 Å². The fourth-order valence-corrected chi connectivity index (χ4v) is 3.43. The predicted octanol–water partition coefficient (Wildman–Crippen LogP) is 0.679. The normalized spacial score (nSPS) is 18.4. The number of rotatable bonds is 5. The van der Waals surface area contributed by atoms with Gasteiger partial charge in [0.15, 0.2) is 0 Å². The number of nitrogens with zero attached hydrogens (tertiary/aromatic N) is 2. The molecule has 0 aromatic carbocycles. The maximum atomic E-state index is 12.2. The van der Waals surface area contributed by atoms with Crippen LogP contribution in [0.15, 0.2) is 0 Å². The highest BCUT2D eigenvalue weighted by atomic mass is 35.5. The molecule has 0 amide bonds. The molecule has 0 bridgehead atoms. The molecule has 1 aliphatic rings. The Morgan fingerprint density at radius 2 is 1.76 bits per heavy atom. The summed E-state index contributed by atoms with van der Waals surface area (Å²) in [5.74, 6) is 0. The Morgan fingerprint density at radius 3 is 2.18 bits per heavy atom. The standard InChI is InChI=1S/C10H23N3O2S.ClH/c1-4-9-13(16(14,15)12(2)3)10-5-7-11-8-6-10;/h10-11H,4-9H2,1-3H3;1H. The molecule has 1 heterocycles. The molecular weight excluding hydrogens is 262 g/mol. The van der Waals surface area contributed by atoms with Crippen molar-refractivity contribution < 1.29 is 8.42 Å². The summed E-state index contributed by atoms with van der Waals surface area (Å²) in [6.45, 7) is 4.45. The molecule has 1 N–H and O–H groups in total. The van der Waals surface area contributed by atoms with Gasteiger partial charge in [0.25, 0.3) is 10.2 Å². The van der Waals surface area contributed by atoms with Crippen molar-refractivity contribution in [1.29, 1.82) is 0 Å². The first kappa shape index (κ1) is 17.1. The molecule has 1 rings (SSSR count). The van der Waals surface area contributed by atoms with Gasteiger partial charge in [-0.1, -0.05) is 6.92 Å². The molecule has 0 atom stereocenters. The van der Waals surface area contributed by atoms with Crippen LogP contribution in [0.5, 0.6) is 0 Å². The highest BCUT2D eigenvalue weighted by molar-refractivity contribution is 7.86. The Bertz CT molecular complexity index is 303. The van der Waals surface area contributed by atoms with Crippen LogP contribution in [0.1, 0.15) is 26.2 Å². The first-order valence-electron chi connectivity index (χ1n) is 5.90. The second-order valence-corrected chi connectivity index (χ2v) is 6.48. The minimum atomic E-state index is -3.26. The van der Waals surface area contributed by atoms with E-state index >= 15 is 0 Å². The molecular formula is C10H24ClN3O2S. The van der Waals surface area contributed by atoms with E-state index in [9.17, 15) is 8.42 Å². The van der Waals surface area contributed by atoms with Gasteiger partial charge in [-0.15, -0.1) is 12.4 Å². The van der Waals surface area contributed by atoms with Gasteiger partial charge in [-0.2, -0.15) is 17.0 Å². The van der Waals surface area contributed by atoms with E-state index < -0.39 is 10.2 Å². The van der Waals surface area contributed by atoms with Gasteiger partial charge in [-0.25, -0.2) is 0 Å². The van der Waals surface area contributed by atoms with E-state index in [0.717, 1.165) is 32.4 Å². The minimum Gasteiger partial charge on any atom is -0.317 e. The van der Waals surface area contributed by atoms with Gasteiger partial charge in [0.2, 0.25) is 0 Å². The van der Waals surface area contributed by atoms with Gasteiger partial charge in [0.1, 0.15) is 0 Å². The van der Waals surface area contributed by atoms with Crippen molar-refractivity contribution in [1.82, 2.24) is 13.9 Å². The van der Waals surface area contributed by atoms with Gasteiger partial charge in [0.05, 0.1) is 0 Å². The monoisotopic (exact) mass is 285 g/mol. The summed E-state index contributed by atoms with van der Waals surface area (Å²) in [5.41, 5.74) is 0. The van der Waals surface area contributed by atoms with Crippen LogP contribution in [0.2, 0.25) is 0 Å². The zero-order chi connectivity index (χ0) is 12.2. The predicted molar refractivity (Wildman–Crippen MR) is 72.7 cm³/mol. The minimum absolute atomic E-state index is 0. The molecule has 1 aliphatic heterocycles. The van der Waals surface area contributed by atoms with Gasteiger partial charge >= 0.3 is 0 Å². The van der Waals surface area contributed by atoms with Crippen LogP contribution in [-0.4, -0.2) is 56.8 Å². The van der Waals surface area contributed by atoms with Crippen LogP contribution < -0.4 is 5.32 Å². The van der Waals surface area contributed by atoms with Gasteiger partial charge in [-0.05, 0) is 32.4 Å². The molecule has 0 unspecified atom stereocenters. The van der Waals surface area contributed by atoms with E-state index in [0.29, 0.717) is 6.54 Å². The molecule has 7 heteroatoms. The maximum absolute atomic E-state index is 12.2. The van der Waals surface area contributed by atoms with Crippen molar-refractivity contribution in [2.24, 2.45) is 0 Å². The SMILES string of the molecule is CCCN(C1CCNCC1)S(=O)(=O)N(C)C.Cl. The quantitative estimate of drug-likeness (QED) is 0.808. The van der Waals surface area contributed by atoms with Crippen molar-refractivity contribution in [3.63, 3.8) is 0 Å². The maximum Gasteiger partial charge on any atom is 0.281 e. The molecule has 1 fully saturated rings. The number of piperidine rings is 1. The fraction of sp³-hybridized carbons (Fsp3) is 1.00. The molecule has 5 nitrogen and oxygen atoms in total. The summed E-state index contributed by atoms with van der Waals surface area (Å²) >= 11 is 0. The lowest BCUT2D eigenvalue weighted by molar-refractivity contribution is 0.250. The lowest BCUT2D eigenvalue weighted by Crippen LogP contribution is -2.50. The summed E-state index contributed by atoms with van der Waals surface area (Å²) in [5, 5.41) is 3.26. The summed E-state index contributed by atoms with van der Waals surface area (Å²) < 4.78 is 27.3. The van der Waals surface area contributed by atoms with Gasteiger partial charge in [0, 0.05) is 26.7 Å². The first-order valence-corrected chi connectivity index (χ1v) is 7.30. The van der Waals surface area contributed by atoms with E-state index in [2.05, 4.69) is 5.32 Å². The summed E-state index contributed by atoms with van der Waals surface area (Å²) in [6.07, 6.45) is 2.68. The number of halogens is 1. The molecule has 0 spiro atoms. The molecule has 1 saturated heterocycles. The highest BCUT2D eigenvalue weighted by Gasteiger charge is 2.31. The van der Waals surface area contributed by atoms with Crippen LogP contribution in [0.25, 0.3) is 0 Å². The average molecular weight is 286 g/mol. The van der Waals surface area contributed by atoms with Crippen molar-refractivity contribution in [2.75, 3.05) is 33.7 Å². The third-order valence-electron chi connectivity index (χ3n) is 2.92. The van der Waals surface area contributed by atoms with E-state index in [1.54, 1.807) is 18.4 Å². The Kier molecular flexibility index (Phi) is 7.58. The van der Waals surface area contributed by atoms with Crippen molar-refractivity contribution in [3.05, 3.63) is 0 Å². The Hall–Kier alpha value is 0.120. The van der Waals surface area contributed by atoms with Crippen LogP contribution >= 0.6 is 12.4 Å². The molecule has 0 aromatic rings. The van der Waals surface area contributed by atoms with Crippen molar-refractivity contribution >= 4 is 22.6 Å². The molecule has 0 radical (unpaired) electrons. The van der Waals surface area contributed by atoms with Crippen LogP contribution in [0.3, 0.4) is 0 Å². The molecule has 0 aliphatic carbocycles. The zero-order valence-corrected chi connectivity index (χ0v) is 12.5. The second kappa shape index (κ2) is 7.53. The molecule has 0 saturated carbocycles. The first-order chi connectivity index (χ1) is 7.50. The van der Waals surface area contributed by atoms with E-state index in [-0.39, 0.29) is 18.4 Å². The van der Waals surface area contributed by atoms with Crippen molar-refractivity contribution in [2.45, 2.75) is 32.2 Å². The Labute approximate surface area is 111 Å². The molecule has 17 heavy (non-hydrogen) atoms. The lowest BCUT2D eigenvalue weighted by atomic mass is 10.1. The van der Waals surface area contributed by atoms with Gasteiger partial charge in [-0.3, -0.25) is 0 Å². The fourth-order valence-electron chi connectivity index (χ4n) is 2.01. The van der Waals surface area contributed by atoms with Crippen molar-refractivity contribution in [3.8, 4) is 0 Å².